The smallest absolute Gasteiger partial charge is 0.407 e. The normalized spacial score (nSPS) is 11.1. The molecule has 162 valence electrons. The number of aromatic nitrogens is 3. The average molecular weight is 457 g/mol. The zero-order valence-corrected chi connectivity index (χ0v) is 19.2. The van der Waals surface area contributed by atoms with Gasteiger partial charge in [-0.3, -0.25) is 4.98 Å². The van der Waals surface area contributed by atoms with Crippen molar-refractivity contribution in [2.75, 3.05) is 11.9 Å². The van der Waals surface area contributed by atoms with Crippen molar-refractivity contribution >= 4 is 51.7 Å². The molecule has 0 aliphatic heterocycles. The first-order valence-corrected chi connectivity index (χ1v) is 10.8. The highest BCUT2D eigenvalue weighted by Crippen LogP contribution is 2.27. The Balaban J connectivity index is 1.70. The number of rotatable bonds is 6. The van der Waals surface area contributed by atoms with Gasteiger partial charge in [0.2, 0.25) is 0 Å². The minimum absolute atomic E-state index is 0.377. The third-order valence-electron chi connectivity index (χ3n) is 3.78. The highest BCUT2D eigenvalue weighted by Gasteiger charge is 2.16. The average Bonchev–Trinajstić information content (AvgIpc) is 3.18. The molecule has 3 aromatic rings. The molecule has 0 aliphatic carbocycles. The van der Waals surface area contributed by atoms with Crippen LogP contribution in [-0.2, 0) is 11.3 Å². The number of fused-ring (bicyclic) bond motifs is 1. The predicted molar refractivity (Wildman–Crippen MR) is 128 cm³/mol. The van der Waals surface area contributed by atoms with Crippen LogP contribution >= 0.6 is 23.6 Å². The van der Waals surface area contributed by atoms with Crippen LogP contribution in [0.15, 0.2) is 43.1 Å². The first kappa shape index (κ1) is 22.6. The number of carbonyl (C=O) groups is 1. The maximum absolute atomic E-state index is 11.8. The van der Waals surface area contributed by atoms with Crippen molar-refractivity contribution < 1.29 is 9.53 Å². The quantitative estimate of drug-likeness (QED) is 0.374. The molecule has 0 aromatic carbocycles. The summed E-state index contributed by atoms with van der Waals surface area (Å²) < 4.78 is 5.26. The molecule has 0 spiro atoms. The molecule has 3 N–H and O–H groups in total. The lowest BCUT2D eigenvalue weighted by atomic mass is 10.2. The molecule has 31 heavy (non-hydrogen) atoms. The van der Waals surface area contributed by atoms with Gasteiger partial charge >= 0.3 is 6.09 Å². The van der Waals surface area contributed by atoms with Crippen molar-refractivity contribution in [1.82, 2.24) is 25.6 Å². The molecule has 3 rings (SSSR count). The molecule has 3 heterocycles. The summed E-state index contributed by atoms with van der Waals surface area (Å²) in [7, 11) is 0. The molecule has 0 aliphatic rings. The van der Waals surface area contributed by atoms with Gasteiger partial charge in [-0.05, 0) is 57.3 Å². The van der Waals surface area contributed by atoms with Crippen LogP contribution in [0.3, 0.4) is 0 Å². The predicted octanol–water partition coefficient (Wildman–Crippen LogP) is 4.25. The Morgan fingerprint density at radius 3 is 2.77 bits per heavy atom. The van der Waals surface area contributed by atoms with E-state index in [4.69, 9.17) is 17.0 Å². The number of hydrogen-bond acceptors (Lipinski definition) is 7. The van der Waals surface area contributed by atoms with Gasteiger partial charge in [0.25, 0.3) is 0 Å². The second kappa shape index (κ2) is 9.80. The van der Waals surface area contributed by atoms with Crippen molar-refractivity contribution in [1.29, 1.82) is 0 Å². The van der Waals surface area contributed by atoms with Crippen LogP contribution in [0.1, 0.15) is 25.6 Å². The highest BCUT2D eigenvalue weighted by molar-refractivity contribution is 7.80. The van der Waals surface area contributed by atoms with Gasteiger partial charge in [0.15, 0.2) is 10.8 Å². The third kappa shape index (κ3) is 6.69. The molecule has 8 nitrogen and oxygen atoms in total. The minimum Gasteiger partial charge on any atom is -0.444 e. The lowest BCUT2D eigenvalue weighted by Crippen LogP contribution is -2.31. The lowest BCUT2D eigenvalue weighted by molar-refractivity contribution is 0.0524. The Hall–Kier alpha value is -3.11. The zero-order chi connectivity index (χ0) is 22.4. The molecule has 0 atom stereocenters. The second-order valence-corrected chi connectivity index (χ2v) is 9.12. The molecule has 0 radical (unpaired) electrons. The van der Waals surface area contributed by atoms with Gasteiger partial charge in [-0.2, -0.15) is 0 Å². The third-order valence-corrected chi connectivity index (χ3v) is 5.13. The number of hydrogen-bond donors (Lipinski definition) is 3. The summed E-state index contributed by atoms with van der Waals surface area (Å²) in [5.41, 5.74) is 1.37. The molecule has 0 fully saturated rings. The minimum atomic E-state index is -0.530. The van der Waals surface area contributed by atoms with E-state index in [1.54, 1.807) is 18.3 Å². The van der Waals surface area contributed by atoms with Crippen LogP contribution in [0, 0.1) is 0 Å². The maximum atomic E-state index is 11.8. The van der Waals surface area contributed by atoms with E-state index < -0.39 is 11.7 Å². The second-order valence-electron chi connectivity index (χ2n) is 7.54. The van der Waals surface area contributed by atoms with Crippen molar-refractivity contribution in [3.05, 3.63) is 48.0 Å². The van der Waals surface area contributed by atoms with Crippen LogP contribution in [0.4, 0.5) is 10.6 Å². The fourth-order valence-corrected chi connectivity index (χ4v) is 3.59. The molecule has 10 heteroatoms. The van der Waals surface area contributed by atoms with E-state index >= 15 is 0 Å². The van der Waals surface area contributed by atoms with E-state index in [1.807, 2.05) is 39.0 Å². The molecule has 0 bridgehead atoms. The number of nitrogens with zero attached hydrogens (tertiary/aromatic N) is 3. The Morgan fingerprint density at radius 2 is 2.03 bits per heavy atom. The van der Waals surface area contributed by atoms with Crippen molar-refractivity contribution in [2.24, 2.45) is 0 Å². The van der Waals surface area contributed by atoms with E-state index in [0.29, 0.717) is 40.9 Å². The summed E-state index contributed by atoms with van der Waals surface area (Å²) in [5.74, 6) is 0.578. The van der Waals surface area contributed by atoms with Gasteiger partial charge < -0.3 is 20.7 Å². The number of thiocarbonyl (C=S) groups is 1. The number of pyridine rings is 1. The summed E-state index contributed by atoms with van der Waals surface area (Å²) in [5, 5.41) is 9.22. The first-order chi connectivity index (χ1) is 14.7. The first-order valence-electron chi connectivity index (χ1n) is 9.59. The van der Waals surface area contributed by atoms with Crippen LogP contribution < -0.4 is 16.0 Å². The largest absolute Gasteiger partial charge is 0.444 e. The van der Waals surface area contributed by atoms with Crippen LogP contribution in [-0.4, -0.2) is 38.3 Å². The molecule has 3 aromatic heterocycles. The Morgan fingerprint density at radius 1 is 1.23 bits per heavy atom. The van der Waals surface area contributed by atoms with E-state index in [1.165, 1.54) is 11.3 Å². The molecule has 0 saturated carbocycles. The molecule has 1 amide bonds. The Labute approximate surface area is 190 Å². The van der Waals surface area contributed by atoms with E-state index in [0.717, 1.165) is 9.75 Å². The number of nitrogens with one attached hydrogen (secondary N) is 3. The fourth-order valence-electron chi connectivity index (χ4n) is 2.50. The van der Waals surface area contributed by atoms with Gasteiger partial charge in [-0.25, -0.2) is 14.8 Å². The lowest BCUT2D eigenvalue weighted by Gasteiger charge is -2.19. The number of thiophene rings is 1. The van der Waals surface area contributed by atoms with Crippen molar-refractivity contribution in [3.8, 4) is 10.6 Å². The number of ether oxygens (including phenoxy) is 1. The number of carbonyl (C=O) groups excluding carboxylic acids is 1. The molecular formula is C21H24N6O2S2. The Kier molecular flexibility index (Phi) is 7.13. The monoisotopic (exact) mass is 456 g/mol. The van der Waals surface area contributed by atoms with Crippen LogP contribution in [0.2, 0.25) is 0 Å². The van der Waals surface area contributed by atoms with Crippen molar-refractivity contribution in [2.45, 2.75) is 32.9 Å². The summed E-state index contributed by atoms with van der Waals surface area (Å²) in [4.78, 5) is 27.3. The highest BCUT2D eigenvalue weighted by atomic mass is 32.1. The number of amides is 1. The van der Waals surface area contributed by atoms with Gasteiger partial charge in [-0.1, -0.05) is 6.08 Å². The van der Waals surface area contributed by atoms with E-state index in [2.05, 4.69) is 37.5 Å². The van der Waals surface area contributed by atoms with Crippen LogP contribution in [0.5, 0.6) is 0 Å². The number of alkyl carbamates (subject to hydrolysis) is 1. The number of anilines is 1. The maximum Gasteiger partial charge on any atom is 0.407 e. The van der Waals surface area contributed by atoms with Gasteiger partial charge in [0.05, 0.1) is 17.6 Å². The summed E-state index contributed by atoms with van der Waals surface area (Å²) in [6.07, 6.45) is 2.99. The Bertz CT molecular complexity index is 1110. The van der Waals surface area contributed by atoms with E-state index in [9.17, 15) is 4.79 Å². The SMILES string of the molecule is C=CCNC(=S)Nc1ccc2ncc(-c3ccc(CNC(=O)OC(C)(C)C)s3)nc2n1. The molecule has 0 saturated heterocycles. The van der Waals surface area contributed by atoms with Gasteiger partial charge in [0.1, 0.15) is 22.6 Å². The van der Waals surface area contributed by atoms with Crippen LogP contribution in [0.25, 0.3) is 21.7 Å². The summed E-state index contributed by atoms with van der Waals surface area (Å²) in [6.45, 7) is 10.1. The van der Waals surface area contributed by atoms with Gasteiger partial charge in [-0.15, -0.1) is 17.9 Å². The fraction of sp³-hybridized carbons (Fsp3) is 0.286. The summed E-state index contributed by atoms with van der Waals surface area (Å²) in [6, 6.07) is 7.52. The standard InChI is InChI=1S/C21H24N6O2S2/c1-5-10-22-19(30)27-17-9-7-14-18(26-17)25-15(12-23-14)16-8-6-13(31-16)11-24-20(28)29-21(2,3)4/h5-9,12H,1,10-11H2,2-4H3,(H,24,28)(H2,22,25,26,27,30). The topological polar surface area (TPSA) is 101 Å². The zero-order valence-electron chi connectivity index (χ0n) is 17.6. The molecule has 0 unspecified atom stereocenters. The van der Waals surface area contributed by atoms with Crippen molar-refractivity contribution in [3.63, 3.8) is 0 Å². The summed E-state index contributed by atoms with van der Waals surface area (Å²) >= 11 is 6.74. The van der Waals surface area contributed by atoms with Gasteiger partial charge in [0, 0.05) is 11.4 Å². The van der Waals surface area contributed by atoms with E-state index in [-0.39, 0.29) is 0 Å². The molecular weight excluding hydrogens is 432 g/mol.